The van der Waals surface area contributed by atoms with E-state index in [0.717, 1.165) is 6.07 Å². The van der Waals surface area contributed by atoms with Crippen molar-refractivity contribution in [2.75, 3.05) is 6.54 Å². The maximum atomic E-state index is 13.8. The van der Waals surface area contributed by atoms with Gasteiger partial charge in [-0.3, -0.25) is 0 Å². The molecule has 0 saturated heterocycles. The Labute approximate surface area is 124 Å². The average molecular weight is 323 g/mol. The second-order valence-electron chi connectivity index (χ2n) is 4.81. The zero-order chi connectivity index (χ0) is 15.3. The molecule has 0 heterocycles. The van der Waals surface area contributed by atoms with Gasteiger partial charge in [0.25, 0.3) is 0 Å². The highest BCUT2D eigenvalue weighted by molar-refractivity contribution is 7.89. The van der Waals surface area contributed by atoms with Crippen molar-refractivity contribution in [3.8, 4) is 0 Å². The molecule has 0 bridgehead atoms. The summed E-state index contributed by atoms with van der Waals surface area (Å²) in [7, 11) is -3.70. The van der Waals surface area contributed by atoms with Crippen LogP contribution in [0.2, 0.25) is 5.02 Å². The Bertz CT molecular complexity index is 562. The Morgan fingerprint density at radius 2 is 2.00 bits per heavy atom. The minimum atomic E-state index is -3.70. The molecule has 2 N–H and O–H groups in total. The van der Waals surface area contributed by atoms with Crippen LogP contribution in [0.25, 0.3) is 0 Å². The molecule has 0 unspecified atom stereocenters. The molecule has 0 atom stereocenters. The molecule has 0 aliphatic carbocycles. The van der Waals surface area contributed by atoms with Crippen LogP contribution >= 0.6 is 11.6 Å². The standard InChI is InChI=1S/C13H20ClFN2O2S/c1-4-5-17-20(18,19)11-6-10(8-16-9(2)3)13(14)12(15)7-11/h6-7,9,16-17H,4-5,8H2,1-3H3. The van der Waals surface area contributed by atoms with Gasteiger partial charge in [0.15, 0.2) is 0 Å². The van der Waals surface area contributed by atoms with Crippen LogP contribution in [0, 0.1) is 5.82 Å². The van der Waals surface area contributed by atoms with E-state index in [9.17, 15) is 12.8 Å². The zero-order valence-corrected chi connectivity index (χ0v) is 13.4. The van der Waals surface area contributed by atoms with Gasteiger partial charge in [-0.25, -0.2) is 17.5 Å². The van der Waals surface area contributed by atoms with Gasteiger partial charge < -0.3 is 5.32 Å². The van der Waals surface area contributed by atoms with E-state index in [4.69, 9.17) is 11.6 Å². The normalized spacial score (nSPS) is 12.1. The summed E-state index contributed by atoms with van der Waals surface area (Å²) in [5.41, 5.74) is 0.428. The van der Waals surface area contributed by atoms with Crippen molar-refractivity contribution in [3.63, 3.8) is 0 Å². The van der Waals surface area contributed by atoms with E-state index in [0.29, 0.717) is 25.1 Å². The fourth-order valence-electron chi connectivity index (χ4n) is 1.54. The van der Waals surface area contributed by atoms with Gasteiger partial charge in [-0.2, -0.15) is 0 Å². The van der Waals surface area contributed by atoms with Crippen LogP contribution in [-0.2, 0) is 16.6 Å². The first-order valence-corrected chi connectivity index (χ1v) is 8.35. The Balaban J connectivity index is 3.10. The van der Waals surface area contributed by atoms with Crippen LogP contribution in [-0.4, -0.2) is 21.0 Å². The molecule has 1 aromatic carbocycles. The van der Waals surface area contributed by atoms with Crippen molar-refractivity contribution in [3.05, 3.63) is 28.5 Å². The molecule has 0 radical (unpaired) electrons. The van der Waals surface area contributed by atoms with Crippen LogP contribution in [0.3, 0.4) is 0 Å². The van der Waals surface area contributed by atoms with Crippen LogP contribution in [0.1, 0.15) is 32.8 Å². The Hall–Kier alpha value is -0.690. The van der Waals surface area contributed by atoms with E-state index in [1.807, 2.05) is 20.8 Å². The van der Waals surface area contributed by atoms with Crippen molar-refractivity contribution in [2.45, 2.75) is 44.7 Å². The van der Waals surface area contributed by atoms with Gasteiger partial charge >= 0.3 is 0 Å². The molecule has 0 fully saturated rings. The number of benzene rings is 1. The average Bonchev–Trinajstić information content (AvgIpc) is 2.37. The molecular formula is C13H20ClFN2O2S. The third kappa shape index (κ3) is 4.70. The third-order valence-electron chi connectivity index (χ3n) is 2.63. The Morgan fingerprint density at radius 3 is 2.55 bits per heavy atom. The van der Waals surface area contributed by atoms with Crippen LogP contribution in [0.5, 0.6) is 0 Å². The van der Waals surface area contributed by atoms with Gasteiger partial charge in [-0.1, -0.05) is 32.4 Å². The van der Waals surface area contributed by atoms with Gasteiger partial charge in [0.1, 0.15) is 5.82 Å². The maximum absolute atomic E-state index is 13.8. The van der Waals surface area contributed by atoms with Crippen molar-refractivity contribution in [2.24, 2.45) is 0 Å². The molecule has 4 nitrogen and oxygen atoms in total. The zero-order valence-electron chi connectivity index (χ0n) is 11.8. The molecule has 1 aromatic rings. The van der Waals surface area contributed by atoms with E-state index in [-0.39, 0.29) is 16.0 Å². The fourth-order valence-corrected chi connectivity index (χ4v) is 2.91. The highest BCUT2D eigenvalue weighted by Crippen LogP contribution is 2.24. The fraction of sp³-hybridized carbons (Fsp3) is 0.538. The van der Waals surface area contributed by atoms with E-state index in [1.165, 1.54) is 6.07 Å². The first kappa shape index (κ1) is 17.4. The molecule has 7 heteroatoms. The molecule has 0 aliphatic heterocycles. The van der Waals surface area contributed by atoms with Crippen molar-refractivity contribution >= 4 is 21.6 Å². The highest BCUT2D eigenvalue weighted by atomic mass is 35.5. The molecule has 20 heavy (non-hydrogen) atoms. The van der Waals surface area contributed by atoms with Crippen molar-refractivity contribution < 1.29 is 12.8 Å². The smallest absolute Gasteiger partial charge is 0.240 e. The number of hydrogen-bond donors (Lipinski definition) is 2. The number of rotatable bonds is 7. The summed E-state index contributed by atoms with van der Waals surface area (Å²) >= 11 is 5.87. The third-order valence-corrected chi connectivity index (χ3v) is 4.49. The lowest BCUT2D eigenvalue weighted by Crippen LogP contribution is -2.25. The van der Waals surface area contributed by atoms with Gasteiger partial charge in [-0.05, 0) is 24.1 Å². The van der Waals surface area contributed by atoms with Crippen LogP contribution in [0.4, 0.5) is 4.39 Å². The van der Waals surface area contributed by atoms with Gasteiger partial charge in [0.05, 0.1) is 9.92 Å². The largest absolute Gasteiger partial charge is 0.310 e. The van der Waals surface area contributed by atoms with E-state index in [2.05, 4.69) is 10.0 Å². The van der Waals surface area contributed by atoms with E-state index in [1.54, 1.807) is 0 Å². The number of sulfonamides is 1. The van der Waals surface area contributed by atoms with E-state index < -0.39 is 15.8 Å². The predicted molar refractivity (Wildman–Crippen MR) is 78.9 cm³/mol. The lowest BCUT2D eigenvalue weighted by molar-refractivity contribution is 0.570. The summed E-state index contributed by atoms with van der Waals surface area (Å²) in [4.78, 5) is -0.103. The number of hydrogen-bond acceptors (Lipinski definition) is 3. The van der Waals surface area contributed by atoms with Crippen LogP contribution in [0.15, 0.2) is 17.0 Å². The molecular weight excluding hydrogens is 303 g/mol. The van der Waals surface area contributed by atoms with Gasteiger partial charge in [0.2, 0.25) is 10.0 Å². The summed E-state index contributed by atoms with van der Waals surface area (Å²) in [5, 5.41) is 3.04. The summed E-state index contributed by atoms with van der Waals surface area (Å²) in [6.45, 7) is 6.35. The lowest BCUT2D eigenvalue weighted by Gasteiger charge is -2.12. The number of halogens is 2. The molecule has 0 aromatic heterocycles. The first-order valence-electron chi connectivity index (χ1n) is 6.49. The monoisotopic (exact) mass is 322 g/mol. The van der Waals surface area contributed by atoms with E-state index >= 15 is 0 Å². The topological polar surface area (TPSA) is 58.2 Å². The molecule has 0 amide bonds. The summed E-state index contributed by atoms with van der Waals surface area (Å²) in [6, 6.07) is 2.53. The van der Waals surface area contributed by atoms with Crippen LogP contribution < -0.4 is 10.0 Å². The highest BCUT2D eigenvalue weighted by Gasteiger charge is 2.18. The summed E-state index contributed by atoms with van der Waals surface area (Å²) < 4.78 is 40.2. The minimum absolute atomic E-state index is 0.0485. The Morgan fingerprint density at radius 1 is 1.35 bits per heavy atom. The second kappa shape index (κ2) is 7.36. The second-order valence-corrected chi connectivity index (χ2v) is 6.96. The quantitative estimate of drug-likeness (QED) is 0.811. The first-order chi connectivity index (χ1) is 9.27. The minimum Gasteiger partial charge on any atom is -0.310 e. The molecule has 114 valence electrons. The molecule has 0 aliphatic rings. The lowest BCUT2D eigenvalue weighted by atomic mass is 10.2. The SMILES string of the molecule is CCCNS(=O)(=O)c1cc(F)c(Cl)c(CNC(C)C)c1. The number of nitrogens with one attached hydrogen (secondary N) is 2. The maximum Gasteiger partial charge on any atom is 0.240 e. The summed E-state index contributed by atoms with van der Waals surface area (Å²) in [6.07, 6.45) is 0.664. The molecule has 0 spiro atoms. The van der Waals surface area contributed by atoms with Gasteiger partial charge in [0, 0.05) is 19.1 Å². The molecule has 1 rings (SSSR count). The molecule has 0 saturated carbocycles. The predicted octanol–water partition coefficient (Wildman–Crippen LogP) is 2.67. The van der Waals surface area contributed by atoms with Crippen molar-refractivity contribution in [1.29, 1.82) is 0 Å². The summed E-state index contributed by atoms with van der Waals surface area (Å²) in [5.74, 6) is -0.730. The van der Waals surface area contributed by atoms with Gasteiger partial charge in [-0.15, -0.1) is 0 Å². The van der Waals surface area contributed by atoms with Crippen molar-refractivity contribution in [1.82, 2.24) is 10.0 Å². The Kier molecular flexibility index (Phi) is 6.39.